The van der Waals surface area contributed by atoms with Crippen molar-refractivity contribution in [2.24, 2.45) is 0 Å². The molecule has 1 fully saturated rings. The van der Waals surface area contributed by atoms with Gasteiger partial charge < -0.3 is 30.1 Å². The molecule has 0 aromatic carbocycles. The number of phosphoric acid groups is 1. The van der Waals surface area contributed by atoms with Gasteiger partial charge in [-0.15, -0.1) is 11.8 Å². The molecule has 1 aliphatic rings. The minimum absolute atomic E-state index is 0.0111. The highest BCUT2D eigenvalue weighted by Crippen LogP contribution is 2.38. The Labute approximate surface area is 168 Å². The van der Waals surface area contributed by atoms with Gasteiger partial charge in [0.2, 0.25) is 5.95 Å². The molecule has 0 bridgehead atoms. The number of fused-ring (bicyclic) bond motifs is 1. The maximum absolute atomic E-state index is 12.3. The molecule has 0 saturated carbocycles. The fourth-order valence-corrected chi connectivity index (χ4v) is 3.81. The first kappa shape index (κ1) is 22.2. The third kappa shape index (κ3) is 5.16. The van der Waals surface area contributed by atoms with E-state index in [0.29, 0.717) is 5.88 Å². The van der Waals surface area contributed by atoms with Crippen molar-refractivity contribution in [3.63, 3.8) is 0 Å². The van der Waals surface area contributed by atoms with Crippen molar-refractivity contribution in [3.05, 3.63) is 16.7 Å². The standard InChI is InChI=1S/C14H22N5O8PS/c1-2-3-29-6-16-14-17-11-8(12(22)18-14)15-5-19(11)13-10(21)9(20)7(27-13)4-26-28(23,24)25/h5,7,9-10,13,20-21H,2-4,6H2,1H3,(H2,23,24,25)(H2,16,17,18,22)/t7-,9-,10-,13-/m1/s1. The summed E-state index contributed by atoms with van der Waals surface area (Å²) < 4.78 is 22.0. The van der Waals surface area contributed by atoms with E-state index in [9.17, 15) is 19.6 Å². The Morgan fingerprint density at radius 2 is 2.17 bits per heavy atom. The van der Waals surface area contributed by atoms with Gasteiger partial charge in [-0.3, -0.25) is 18.9 Å². The highest BCUT2D eigenvalue weighted by Gasteiger charge is 2.45. The molecule has 1 saturated heterocycles. The Morgan fingerprint density at radius 3 is 2.86 bits per heavy atom. The van der Waals surface area contributed by atoms with Gasteiger partial charge in [-0.25, -0.2) is 9.55 Å². The Kier molecular flexibility index (Phi) is 6.96. The van der Waals surface area contributed by atoms with Crippen molar-refractivity contribution in [2.75, 3.05) is 23.6 Å². The molecule has 13 nitrogen and oxygen atoms in total. The number of hydrogen-bond donors (Lipinski definition) is 6. The number of aromatic amines is 1. The number of aromatic nitrogens is 4. The molecule has 3 heterocycles. The van der Waals surface area contributed by atoms with Crippen molar-refractivity contribution in [1.29, 1.82) is 0 Å². The second-order valence-corrected chi connectivity index (χ2v) is 8.65. The first-order valence-electron chi connectivity index (χ1n) is 8.71. The van der Waals surface area contributed by atoms with Gasteiger partial charge >= 0.3 is 7.82 Å². The molecule has 3 rings (SSSR count). The summed E-state index contributed by atoms with van der Waals surface area (Å²) in [7, 11) is -4.77. The van der Waals surface area contributed by atoms with Gasteiger partial charge in [0.05, 0.1) is 18.8 Å². The zero-order valence-corrected chi connectivity index (χ0v) is 17.0. The second kappa shape index (κ2) is 9.10. The molecule has 2 aromatic rings. The van der Waals surface area contributed by atoms with Gasteiger partial charge in [-0.05, 0) is 12.2 Å². The number of ether oxygens (including phenoxy) is 1. The summed E-state index contributed by atoms with van der Waals surface area (Å²) >= 11 is 1.63. The molecule has 0 aliphatic carbocycles. The quantitative estimate of drug-likeness (QED) is 0.161. The van der Waals surface area contributed by atoms with E-state index in [1.54, 1.807) is 11.8 Å². The number of phosphoric ester groups is 1. The van der Waals surface area contributed by atoms with Gasteiger partial charge in [0.15, 0.2) is 17.4 Å². The van der Waals surface area contributed by atoms with Gasteiger partial charge in [0.25, 0.3) is 5.56 Å². The molecule has 4 atom stereocenters. The van der Waals surface area contributed by atoms with E-state index >= 15 is 0 Å². The Bertz CT molecular complexity index is 948. The molecule has 29 heavy (non-hydrogen) atoms. The largest absolute Gasteiger partial charge is 0.469 e. The molecule has 162 valence electrons. The Balaban J connectivity index is 1.82. The normalized spacial score (nSPS) is 25.0. The summed E-state index contributed by atoms with van der Waals surface area (Å²) in [5.74, 6) is 1.68. The maximum atomic E-state index is 12.3. The fourth-order valence-electron chi connectivity index (χ4n) is 2.80. The lowest BCUT2D eigenvalue weighted by Gasteiger charge is -2.16. The highest BCUT2D eigenvalue weighted by molar-refractivity contribution is 7.99. The zero-order chi connectivity index (χ0) is 21.2. The molecule has 0 spiro atoms. The van der Waals surface area contributed by atoms with Crippen molar-refractivity contribution in [2.45, 2.75) is 37.9 Å². The van der Waals surface area contributed by atoms with E-state index < -0.39 is 44.5 Å². The average molecular weight is 451 g/mol. The molecule has 2 aromatic heterocycles. The molecular weight excluding hydrogens is 429 g/mol. The third-order valence-electron chi connectivity index (χ3n) is 4.14. The number of H-pyrrole nitrogens is 1. The fraction of sp³-hybridized carbons (Fsp3) is 0.643. The lowest BCUT2D eigenvalue weighted by atomic mass is 10.1. The van der Waals surface area contributed by atoms with Crippen molar-refractivity contribution in [1.82, 2.24) is 19.5 Å². The maximum Gasteiger partial charge on any atom is 0.469 e. The van der Waals surface area contributed by atoms with Gasteiger partial charge in [0, 0.05) is 0 Å². The van der Waals surface area contributed by atoms with Crippen LogP contribution >= 0.6 is 19.6 Å². The Morgan fingerprint density at radius 1 is 1.41 bits per heavy atom. The Hall–Kier alpha value is -1.51. The van der Waals surface area contributed by atoms with Crippen LogP contribution in [0.4, 0.5) is 5.95 Å². The number of rotatable bonds is 9. The van der Waals surface area contributed by atoms with Crippen LogP contribution in [0.25, 0.3) is 11.2 Å². The van der Waals surface area contributed by atoms with Crippen LogP contribution in [0.1, 0.15) is 19.6 Å². The third-order valence-corrected chi connectivity index (χ3v) is 5.67. The number of thioether (sulfide) groups is 1. The van der Waals surface area contributed by atoms with E-state index in [-0.39, 0.29) is 17.1 Å². The van der Waals surface area contributed by atoms with E-state index in [0.717, 1.165) is 12.2 Å². The molecule has 0 radical (unpaired) electrons. The van der Waals surface area contributed by atoms with Crippen LogP contribution in [0.2, 0.25) is 0 Å². The summed E-state index contributed by atoms with van der Waals surface area (Å²) in [4.78, 5) is 40.7. The predicted octanol–water partition coefficient (Wildman–Crippen LogP) is -0.639. The zero-order valence-electron chi connectivity index (χ0n) is 15.3. The summed E-state index contributed by atoms with van der Waals surface area (Å²) in [6.45, 7) is 1.42. The SMILES string of the molecule is CCCSCNc1nc2c(ncn2[C@@H]2O[C@H](COP(=O)(O)O)[C@@H](O)[C@H]2O)c(=O)[nH]1. The second-order valence-electron chi connectivity index (χ2n) is 6.30. The topological polar surface area (TPSA) is 192 Å². The number of aliphatic hydroxyl groups excluding tert-OH is 2. The summed E-state index contributed by atoms with van der Waals surface area (Å²) in [6, 6.07) is 0. The molecule has 0 unspecified atom stereocenters. The van der Waals surface area contributed by atoms with E-state index in [4.69, 9.17) is 14.5 Å². The number of nitrogens with one attached hydrogen (secondary N) is 2. The lowest BCUT2D eigenvalue weighted by molar-refractivity contribution is -0.0503. The number of hydrogen-bond acceptors (Lipinski definition) is 10. The number of aliphatic hydroxyl groups is 2. The van der Waals surface area contributed by atoms with Gasteiger partial charge in [-0.2, -0.15) is 4.98 Å². The number of nitrogens with zero attached hydrogens (tertiary/aromatic N) is 3. The lowest BCUT2D eigenvalue weighted by Crippen LogP contribution is -2.33. The van der Waals surface area contributed by atoms with Gasteiger partial charge in [0.1, 0.15) is 18.3 Å². The number of imidazole rings is 1. The molecular formula is C14H22N5O8PS. The van der Waals surface area contributed by atoms with Crippen LogP contribution < -0.4 is 10.9 Å². The molecule has 15 heteroatoms. The predicted molar refractivity (Wildman–Crippen MR) is 103 cm³/mol. The van der Waals surface area contributed by atoms with Crippen molar-refractivity contribution in [3.8, 4) is 0 Å². The first-order valence-corrected chi connectivity index (χ1v) is 11.4. The van der Waals surface area contributed by atoms with Crippen molar-refractivity contribution >= 4 is 36.7 Å². The van der Waals surface area contributed by atoms with Gasteiger partial charge in [-0.1, -0.05) is 6.92 Å². The van der Waals surface area contributed by atoms with Crippen LogP contribution in [0, 0.1) is 0 Å². The average Bonchev–Trinajstić information content (AvgIpc) is 3.19. The van der Waals surface area contributed by atoms with Crippen molar-refractivity contribution < 1.29 is 33.8 Å². The van der Waals surface area contributed by atoms with Crippen LogP contribution in [0.5, 0.6) is 0 Å². The van der Waals surface area contributed by atoms with Crippen LogP contribution in [0.15, 0.2) is 11.1 Å². The van der Waals surface area contributed by atoms with Crippen LogP contribution in [-0.2, 0) is 13.8 Å². The highest BCUT2D eigenvalue weighted by atomic mass is 32.2. The smallest absolute Gasteiger partial charge is 0.387 e. The summed E-state index contributed by atoms with van der Waals surface area (Å²) in [5, 5.41) is 23.4. The minimum atomic E-state index is -4.77. The van der Waals surface area contributed by atoms with E-state index in [1.807, 2.05) is 0 Å². The summed E-state index contributed by atoms with van der Waals surface area (Å²) in [6.07, 6.45) is -3.09. The van der Waals surface area contributed by atoms with Crippen LogP contribution in [-0.4, -0.2) is 76.1 Å². The minimum Gasteiger partial charge on any atom is -0.387 e. The summed E-state index contributed by atoms with van der Waals surface area (Å²) in [5.41, 5.74) is -0.368. The number of anilines is 1. The van der Waals surface area contributed by atoms with Crippen LogP contribution in [0.3, 0.4) is 0 Å². The molecule has 0 amide bonds. The molecule has 6 N–H and O–H groups in total. The van der Waals surface area contributed by atoms with E-state index in [1.165, 1.54) is 10.9 Å². The molecule has 1 aliphatic heterocycles. The monoisotopic (exact) mass is 451 g/mol. The van der Waals surface area contributed by atoms with E-state index in [2.05, 4.69) is 31.7 Å². The first-order chi connectivity index (χ1) is 13.7.